The zero-order valence-corrected chi connectivity index (χ0v) is 9.77. The molecule has 0 unspecified atom stereocenters. The average Bonchev–Trinajstić information content (AvgIpc) is 2.78. The molecule has 1 aromatic heterocycles. The highest BCUT2D eigenvalue weighted by atomic mass is 19.1. The third kappa shape index (κ3) is 1.64. The number of phenolic OH excluding ortho intramolecular Hbond substituents is 1. The summed E-state index contributed by atoms with van der Waals surface area (Å²) in [6.45, 7) is 1.97. The van der Waals surface area contributed by atoms with Gasteiger partial charge in [0.25, 0.3) is 0 Å². The molecular weight excluding hydrogens is 231 g/mol. The van der Waals surface area contributed by atoms with Crippen LogP contribution in [0.25, 0.3) is 22.3 Å². The number of aryl methyl sites for hydroxylation is 1. The van der Waals surface area contributed by atoms with Crippen LogP contribution in [0.5, 0.6) is 5.75 Å². The second-order valence-electron chi connectivity index (χ2n) is 4.27. The monoisotopic (exact) mass is 242 g/mol. The van der Waals surface area contributed by atoms with Crippen molar-refractivity contribution >= 4 is 11.0 Å². The van der Waals surface area contributed by atoms with Crippen molar-refractivity contribution < 1.29 is 13.9 Å². The highest BCUT2D eigenvalue weighted by molar-refractivity contribution is 5.85. The molecule has 0 bridgehead atoms. The Labute approximate surface area is 103 Å². The fourth-order valence-electron chi connectivity index (χ4n) is 2.01. The van der Waals surface area contributed by atoms with Gasteiger partial charge in [-0.25, -0.2) is 4.39 Å². The Kier molecular flexibility index (Phi) is 2.33. The van der Waals surface area contributed by atoms with Crippen LogP contribution in [-0.2, 0) is 0 Å². The molecule has 0 spiro atoms. The third-order valence-corrected chi connectivity index (χ3v) is 2.97. The Hall–Kier alpha value is -2.29. The van der Waals surface area contributed by atoms with E-state index >= 15 is 0 Å². The lowest BCUT2D eigenvalue weighted by Gasteiger charge is -1.98. The van der Waals surface area contributed by atoms with Crippen LogP contribution in [-0.4, -0.2) is 5.11 Å². The van der Waals surface area contributed by atoms with Crippen LogP contribution in [0.4, 0.5) is 4.39 Å². The fourth-order valence-corrected chi connectivity index (χ4v) is 2.01. The van der Waals surface area contributed by atoms with Gasteiger partial charge in [-0.1, -0.05) is 18.2 Å². The van der Waals surface area contributed by atoms with E-state index in [0.29, 0.717) is 11.3 Å². The number of phenols is 1. The van der Waals surface area contributed by atoms with Gasteiger partial charge in [-0.05, 0) is 36.8 Å². The molecule has 3 heteroatoms. The molecule has 0 fully saturated rings. The molecule has 90 valence electrons. The summed E-state index contributed by atoms with van der Waals surface area (Å²) in [4.78, 5) is 0. The number of benzene rings is 2. The topological polar surface area (TPSA) is 33.4 Å². The highest BCUT2D eigenvalue weighted by Crippen LogP contribution is 2.31. The largest absolute Gasteiger partial charge is 0.505 e. The van der Waals surface area contributed by atoms with Gasteiger partial charge in [-0.2, -0.15) is 0 Å². The number of hydrogen-bond donors (Lipinski definition) is 1. The summed E-state index contributed by atoms with van der Waals surface area (Å²) in [5.74, 6) is -0.408. The van der Waals surface area contributed by atoms with Crippen LogP contribution in [0.2, 0.25) is 0 Å². The number of hydrogen-bond acceptors (Lipinski definition) is 2. The van der Waals surface area contributed by atoms with E-state index in [0.717, 1.165) is 16.5 Å². The van der Waals surface area contributed by atoms with Gasteiger partial charge in [0.15, 0.2) is 11.6 Å². The molecule has 0 aliphatic heterocycles. The zero-order valence-electron chi connectivity index (χ0n) is 9.77. The Bertz CT molecular complexity index is 728. The van der Waals surface area contributed by atoms with Crippen LogP contribution in [0.1, 0.15) is 5.56 Å². The molecule has 0 radical (unpaired) electrons. The van der Waals surface area contributed by atoms with E-state index in [1.54, 1.807) is 6.07 Å². The van der Waals surface area contributed by atoms with E-state index in [-0.39, 0.29) is 5.75 Å². The Morgan fingerprint density at radius 2 is 1.94 bits per heavy atom. The first-order chi connectivity index (χ1) is 8.65. The Morgan fingerprint density at radius 1 is 1.11 bits per heavy atom. The van der Waals surface area contributed by atoms with Gasteiger partial charge in [0.05, 0.1) is 0 Å². The predicted octanol–water partition coefficient (Wildman–Crippen LogP) is 4.25. The molecule has 3 aromatic rings. The molecule has 0 aliphatic carbocycles. The van der Waals surface area contributed by atoms with Crippen molar-refractivity contribution in [2.24, 2.45) is 0 Å². The molecule has 0 saturated heterocycles. The molecule has 2 nitrogen and oxygen atoms in total. The van der Waals surface area contributed by atoms with Gasteiger partial charge in [-0.3, -0.25) is 0 Å². The molecule has 0 aliphatic rings. The summed E-state index contributed by atoms with van der Waals surface area (Å²) in [6.07, 6.45) is 0. The third-order valence-electron chi connectivity index (χ3n) is 2.97. The van der Waals surface area contributed by atoms with Crippen LogP contribution < -0.4 is 0 Å². The maximum Gasteiger partial charge on any atom is 0.165 e. The number of rotatable bonds is 1. The summed E-state index contributed by atoms with van der Waals surface area (Å²) in [6, 6.07) is 12.0. The normalized spacial score (nSPS) is 11.0. The zero-order chi connectivity index (χ0) is 12.7. The van der Waals surface area contributed by atoms with Gasteiger partial charge in [0, 0.05) is 10.9 Å². The van der Waals surface area contributed by atoms with Crippen LogP contribution in [0, 0.1) is 12.7 Å². The maximum atomic E-state index is 13.3. The first-order valence-corrected chi connectivity index (χ1v) is 5.63. The van der Waals surface area contributed by atoms with Crippen molar-refractivity contribution in [3.63, 3.8) is 0 Å². The standard InChI is InChI=1S/C15H11FO2/c1-9-3-2-4-11-8-14(18-15(9)11)10-5-6-13(17)12(16)7-10/h2-8,17H,1H3. The summed E-state index contributed by atoms with van der Waals surface area (Å²) < 4.78 is 19.0. The lowest BCUT2D eigenvalue weighted by molar-refractivity contribution is 0.432. The number of para-hydroxylation sites is 1. The lowest BCUT2D eigenvalue weighted by Crippen LogP contribution is -1.78. The SMILES string of the molecule is Cc1cccc2cc(-c3ccc(O)c(F)c3)oc12. The number of aromatic hydroxyl groups is 1. The Morgan fingerprint density at radius 3 is 2.67 bits per heavy atom. The van der Waals surface area contributed by atoms with Crippen LogP contribution in [0.3, 0.4) is 0 Å². The molecule has 0 atom stereocenters. The van der Waals surface area contributed by atoms with Crippen molar-refractivity contribution in [3.05, 3.63) is 53.8 Å². The van der Waals surface area contributed by atoms with E-state index in [4.69, 9.17) is 9.52 Å². The molecule has 2 aromatic carbocycles. The number of furan rings is 1. The van der Waals surface area contributed by atoms with E-state index < -0.39 is 5.82 Å². The van der Waals surface area contributed by atoms with Crippen molar-refractivity contribution in [2.45, 2.75) is 6.92 Å². The summed E-state index contributed by atoms with van der Waals surface area (Å²) in [5.41, 5.74) is 2.46. The minimum atomic E-state index is -0.648. The second-order valence-corrected chi connectivity index (χ2v) is 4.27. The van der Waals surface area contributed by atoms with Crippen molar-refractivity contribution in [1.29, 1.82) is 0 Å². The first-order valence-electron chi connectivity index (χ1n) is 5.63. The molecule has 1 heterocycles. The molecule has 0 saturated carbocycles. The smallest absolute Gasteiger partial charge is 0.165 e. The number of halogens is 1. The van der Waals surface area contributed by atoms with E-state index in [9.17, 15) is 4.39 Å². The van der Waals surface area contributed by atoms with E-state index in [2.05, 4.69) is 0 Å². The van der Waals surface area contributed by atoms with Crippen LogP contribution >= 0.6 is 0 Å². The first kappa shape index (κ1) is 10.8. The van der Waals surface area contributed by atoms with Crippen molar-refractivity contribution in [3.8, 4) is 17.1 Å². The van der Waals surface area contributed by atoms with E-state index in [1.807, 2.05) is 31.2 Å². The minimum absolute atomic E-state index is 0.356. The van der Waals surface area contributed by atoms with Crippen molar-refractivity contribution in [1.82, 2.24) is 0 Å². The maximum absolute atomic E-state index is 13.3. The molecular formula is C15H11FO2. The Balaban J connectivity index is 2.19. The highest BCUT2D eigenvalue weighted by Gasteiger charge is 2.10. The molecule has 0 amide bonds. The van der Waals surface area contributed by atoms with Gasteiger partial charge in [-0.15, -0.1) is 0 Å². The molecule has 18 heavy (non-hydrogen) atoms. The van der Waals surface area contributed by atoms with E-state index in [1.165, 1.54) is 12.1 Å². The van der Waals surface area contributed by atoms with Crippen LogP contribution in [0.15, 0.2) is 46.9 Å². The summed E-state index contributed by atoms with van der Waals surface area (Å²) in [7, 11) is 0. The van der Waals surface area contributed by atoms with Gasteiger partial charge < -0.3 is 9.52 Å². The fraction of sp³-hybridized carbons (Fsp3) is 0.0667. The van der Waals surface area contributed by atoms with Gasteiger partial charge in [0.2, 0.25) is 0 Å². The lowest BCUT2D eigenvalue weighted by atomic mass is 10.1. The molecule has 3 rings (SSSR count). The quantitative estimate of drug-likeness (QED) is 0.691. The minimum Gasteiger partial charge on any atom is -0.505 e. The summed E-state index contributed by atoms with van der Waals surface area (Å²) in [5, 5.41) is 10.2. The van der Waals surface area contributed by atoms with Gasteiger partial charge >= 0.3 is 0 Å². The average molecular weight is 242 g/mol. The molecule has 1 N–H and O–H groups in total. The second kappa shape index (κ2) is 3.88. The van der Waals surface area contributed by atoms with Crippen molar-refractivity contribution in [2.75, 3.05) is 0 Å². The summed E-state index contributed by atoms with van der Waals surface area (Å²) >= 11 is 0. The number of fused-ring (bicyclic) bond motifs is 1. The van der Waals surface area contributed by atoms with Gasteiger partial charge in [0.1, 0.15) is 11.3 Å². The predicted molar refractivity (Wildman–Crippen MR) is 68.0 cm³/mol.